The Bertz CT molecular complexity index is 378. The molecule has 1 saturated carbocycles. The Morgan fingerprint density at radius 3 is 2.88 bits per heavy atom. The lowest BCUT2D eigenvalue weighted by molar-refractivity contribution is 0.0429. The van der Waals surface area contributed by atoms with Crippen molar-refractivity contribution in [1.82, 2.24) is 5.32 Å². The summed E-state index contributed by atoms with van der Waals surface area (Å²) in [5.41, 5.74) is 1.20. The van der Waals surface area contributed by atoms with Crippen molar-refractivity contribution in [3.8, 4) is 5.75 Å². The van der Waals surface area contributed by atoms with Crippen molar-refractivity contribution in [2.75, 3.05) is 13.7 Å². The maximum Gasteiger partial charge on any atom is 0.119 e. The summed E-state index contributed by atoms with van der Waals surface area (Å²) >= 11 is 3.53. The molecule has 1 aliphatic carbocycles. The van der Waals surface area contributed by atoms with Crippen molar-refractivity contribution in [2.45, 2.75) is 25.5 Å². The second-order valence-corrected chi connectivity index (χ2v) is 5.43. The van der Waals surface area contributed by atoms with E-state index in [1.807, 2.05) is 18.2 Å². The molecule has 1 fully saturated rings. The van der Waals surface area contributed by atoms with Crippen molar-refractivity contribution >= 4 is 15.9 Å². The predicted molar refractivity (Wildman–Crippen MR) is 71.1 cm³/mol. The zero-order valence-electron chi connectivity index (χ0n) is 9.95. The zero-order valence-corrected chi connectivity index (χ0v) is 11.5. The highest BCUT2D eigenvalue weighted by Gasteiger charge is 2.26. The van der Waals surface area contributed by atoms with E-state index in [9.17, 15) is 5.11 Å². The first kappa shape index (κ1) is 12.9. The van der Waals surface area contributed by atoms with Gasteiger partial charge in [-0.05, 0) is 49.1 Å². The molecule has 1 aromatic carbocycles. The van der Waals surface area contributed by atoms with Crippen molar-refractivity contribution < 1.29 is 9.84 Å². The first-order valence-corrected chi connectivity index (χ1v) is 6.69. The van der Waals surface area contributed by atoms with Crippen molar-refractivity contribution in [3.63, 3.8) is 0 Å². The maximum absolute atomic E-state index is 9.20. The van der Waals surface area contributed by atoms with Gasteiger partial charge >= 0.3 is 0 Å². The molecule has 0 atom stereocenters. The summed E-state index contributed by atoms with van der Waals surface area (Å²) in [6, 6.07) is 5.98. The lowest BCUT2D eigenvalue weighted by atomic mass is 9.82. The number of methoxy groups -OCH3 is 1. The van der Waals surface area contributed by atoms with Crippen LogP contribution in [0.4, 0.5) is 0 Å². The van der Waals surface area contributed by atoms with Gasteiger partial charge in [0.05, 0.1) is 13.2 Å². The number of aliphatic hydroxyl groups excluding tert-OH is 1. The molecule has 2 N–H and O–H groups in total. The molecule has 0 saturated heterocycles. The number of hydrogen-bond acceptors (Lipinski definition) is 3. The van der Waals surface area contributed by atoms with Gasteiger partial charge in [0.25, 0.3) is 0 Å². The molecule has 0 heterocycles. The monoisotopic (exact) mass is 299 g/mol. The zero-order chi connectivity index (χ0) is 12.3. The Balaban J connectivity index is 1.81. The lowest BCUT2D eigenvalue weighted by Crippen LogP contribution is -2.35. The third kappa shape index (κ3) is 3.44. The molecule has 0 amide bonds. The number of ether oxygens (including phenoxy) is 1. The van der Waals surface area contributed by atoms with Gasteiger partial charge in [0, 0.05) is 11.0 Å². The molecule has 0 bridgehead atoms. The minimum atomic E-state index is -0.0645. The Kier molecular flexibility index (Phi) is 4.42. The minimum Gasteiger partial charge on any atom is -0.497 e. The van der Waals surface area contributed by atoms with Gasteiger partial charge in [0.1, 0.15) is 5.75 Å². The van der Waals surface area contributed by atoms with Crippen LogP contribution in [-0.2, 0) is 6.54 Å². The average Bonchev–Trinajstić information content (AvgIpc) is 2.29. The molecule has 0 aliphatic heterocycles. The van der Waals surface area contributed by atoms with Gasteiger partial charge in [-0.15, -0.1) is 0 Å². The van der Waals surface area contributed by atoms with Gasteiger partial charge in [-0.25, -0.2) is 0 Å². The maximum atomic E-state index is 9.20. The van der Waals surface area contributed by atoms with E-state index in [4.69, 9.17) is 4.74 Å². The van der Waals surface area contributed by atoms with Gasteiger partial charge < -0.3 is 15.2 Å². The highest BCUT2D eigenvalue weighted by Crippen LogP contribution is 2.27. The highest BCUT2D eigenvalue weighted by atomic mass is 79.9. The standard InChI is InChI=1S/C13H18BrNO2/c1-17-12-2-3-13(14)10(6-12)8-15-7-9-4-11(16)5-9/h2-3,6,9,11,15-16H,4-5,7-8H2,1H3. The molecule has 2 rings (SSSR count). The van der Waals surface area contributed by atoms with Crippen LogP contribution >= 0.6 is 15.9 Å². The van der Waals surface area contributed by atoms with Crippen molar-refractivity contribution in [1.29, 1.82) is 0 Å². The Labute approximate surface area is 110 Å². The van der Waals surface area contributed by atoms with Gasteiger partial charge in [0.2, 0.25) is 0 Å². The van der Waals surface area contributed by atoms with Crippen LogP contribution in [0.3, 0.4) is 0 Å². The summed E-state index contributed by atoms with van der Waals surface area (Å²) < 4.78 is 6.30. The summed E-state index contributed by atoms with van der Waals surface area (Å²) in [5, 5.41) is 12.6. The third-order valence-corrected chi connectivity index (χ3v) is 3.99. The fraction of sp³-hybridized carbons (Fsp3) is 0.538. The van der Waals surface area contributed by atoms with Crippen LogP contribution in [0.25, 0.3) is 0 Å². The predicted octanol–water partition coefficient (Wildman–Crippen LogP) is 2.32. The fourth-order valence-electron chi connectivity index (χ4n) is 2.09. The van der Waals surface area contributed by atoms with Gasteiger partial charge in [-0.3, -0.25) is 0 Å². The first-order valence-electron chi connectivity index (χ1n) is 5.90. The van der Waals surface area contributed by atoms with E-state index in [0.29, 0.717) is 5.92 Å². The van der Waals surface area contributed by atoms with Gasteiger partial charge in [0.15, 0.2) is 0 Å². The number of halogens is 1. The van der Waals surface area contributed by atoms with Crippen LogP contribution in [0.5, 0.6) is 5.75 Å². The Hall–Kier alpha value is -0.580. The van der Waals surface area contributed by atoms with Crippen LogP contribution < -0.4 is 10.1 Å². The summed E-state index contributed by atoms with van der Waals surface area (Å²) in [5.74, 6) is 1.51. The number of aliphatic hydroxyl groups is 1. The van der Waals surface area contributed by atoms with E-state index in [0.717, 1.165) is 36.2 Å². The van der Waals surface area contributed by atoms with E-state index in [-0.39, 0.29) is 6.10 Å². The van der Waals surface area contributed by atoms with E-state index >= 15 is 0 Å². The molecule has 1 aliphatic rings. The molecular formula is C13H18BrNO2. The third-order valence-electron chi connectivity index (χ3n) is 3.21. The highest BCUT2D eigenvalue weighted by molar-refractivity contribution is 9.10. The van der Waals surface area contributed by atoms with Crippen LogP contribution in [0.15, 0.2) is 22.7 Å². The molecular weight excluding hydrogens is 282 g/mol. The van der Waals surface area contributed by atoms with E-state index in [2.05, 4.69) is 21.2 Å². The summed E-state index contributed by atoms with van der Waals surface area (Å²) in [6.07, 6.45) is 1.81. The Morgan fingerprint density at radius 1 is 1.47 bits per heavy atom. The van der Waals surface area contributed by atoms with E-state index < -0.39 is 0 Å². The smallest absolute Gasteiger partial charge is 0.119 e. The number of hydrogen-bond donors (Lipinski definition) is 2. The normalized spacial score (nSPS) is 23.2. The molecule has 0 unspecified atom stereocenters. The second-order valence-electron chi connectivity index (χ2n) is 4.58. The summed E-state index contributed by atoms with van der Waals surface area (Å²) in [6.45, 7) is 1.80. The molecule has 0 radical (unpaired) electrons. The number of nitrogens with one attached hydrogen (secondary N) is 1. The average molecular weight is 300 g/mol. The Morgan fingerprint density at radius 2 is 2.24 bits per heavy atom. The summed E-state index contributed by atoms with van der Waals surface area (Å²) in [4.78, 5) is 0. The number of benzene rings is 1. The fourth-order valence-corrected chi connectivity index (χ4v) is 2.48. The molecule has 0 spiro atoms. The van der Waals surface area contributed by atoms with Crippen LogP contribution in [0, 0.1) is 5.92 Å². The van der Waals surface area contributed by atoms with E-state index in [1.54, 1.807) is 7.11 Å². The van der Waals surface area contributed by atoms with Gasteiger partial charge in [-0.1, -0.05) is 15.9 Å². The van der Waals surface area contributed by atoms with Crippen molar-refractivity contribution in [3.05, 3.63) is 28.2 Å². The first-order chi connectivity index (χ1) is 8.19. The lowest BCUT2D eigenvalue weighted by Gasteiger charge is -2.31. The molecule has 1 aromatic rings. The van der Waals surface area contributed by atoms with Gasteiger partial charge in [-0.2, -0.15) is 0 Å². The minimum absolute atomic E-state index is 0.0645. The topological polar surface area (TPSA) is 41.5 Å². The molecule has 0 aromatic heterocycles. The quantitative estimate of drug-likeness (QED) is 0.877. The van der Waals surface area contributed by atoms with Crippen LogP contribution in [0.1, 0.15) is 18.4 Å². The molecule has 3 nitrogen and oxygen atoms in total. The number of rotatable bonds is 5. The molecule has 17 heavy (non-hydrogen) atoms. The SMILES string of the molecule is COc1ccc(Br)c(CNCC2CC(O)C2)c1. The van der Waals surface area contributed by atoms with Crippen molar-refractivity contribution in [2.24, 2.45) is 5.92 Å². The van der Waals surface area contributed by atoms with E-state index in [1.165, 1.54) is 5.56 Å². The molecule has 94 valence electrons. The van der Waals surface area contributed by atoms with Crippen LogP contribution in [-0.4, -0.2) is 24.9 Å². The summed E-state index contributed by atoms with van der Waals surface area (Å²) in [7, 11) is 1.68. The van der Waals surface area contributed by atoms with Crippen LogP contribution in [0.2, 0.25) is 0 Å². The largest absolute Gasteiger partial charge is 0.497 e. The molecule has 4 heteroatoms. The second kappa shape index (κ2) is 5.85.